The summed E-state index contributed by atoms with van der Waals surface area (Å²) in [6.07, 6.45) is 2.99. The van der Waals surface area contributed by atoms with Gasteiger partial charge in [-0.1, -0.05) is 40.5 Å². The van der Waals surface area contributed by atoms with Crippen LogP contribution < -0.4 is 0 Å². The molecule has 1 N–H and O–H groups in total. The van der Waals surface area contributed by atoms with E-state index in [9.17, 15) is 9.90 Å². The highest BCUT2D eigenvalue weighted by atomic mass is 16.7. The fraction of sp³-hybridized carbons (Fsp3) is 0.944. The van der Waals surface area contributed by atoms with Gasteiger partial charge < -0.3 is 19.3 Å². The predicted octanol–water partition coefficient (Wildman–Crippen LogP) is 3.25. The molecule has 0 bridgehead atoms. The van der Waals surface area contributed by atoms with Crippen LogP contribution in [0.15, 0.2) is 0 Å². The van der Waals surface area contributed by atoms with E-state index in [1.165, 1.54) is 7.11 Å². The molecular weight excluding hydrogens is 296 g/mol. The summed E-state index contributed by atoms with van der Waals surface area (Å²) >= 11 is 0. The zero-order chi connectivity index (χ0) is 17.8. The maximum atomic E-state index is 12.1. The minimum absolute atomic E-state index is 0.0740. The van der Waals surface area contributed by atoms with Gasteiger partial charge in [-0.2, -0.15) is 0 Å². The van der Waals surface area contributed by atoms with Gasteiger partial charge in [0.25, 0.3) is 0 Å². The Labute approximate surface area is 141 Å². The van der Waals surface area contributed by atoms with E-state index < -0.39 is 12.0 Å². The molecule has 5 heteroatoms. The van der Waals surface area contributed by atoms with E-state index in [2.05, 4.69) is 13.8 Å². The first kappa shape index (κ1) is 22.4. The fourth-order valence-corrected chi connectivity index (χ4v) is 2.78. The van der Waals surface area contributed by atoms with Crippen LogP contribution in [0.4, 0.5) is 0 Å². The molecule has 4 atom stereocenters. The Morgan fingerprint density at radius 2 is 1.74 bits per heavy atom. The molecule has 0 heterocycles. The van der Waals surface area contributed by atoms with Crippen molar-refractivity contribution in [2.24, 2.45) is 23.7 Å². The lowest BCUT2D eigenvalue weighted by atomic mass is 9.83. The molecule has 0 rings (SSSR count). The molecular formula is C18H36O5. The molecule has 0 radical (unpaired) electrons. The van der Waals surface area contributed by atoms with Crippen LogP contribution in [0.3, 0.4) is 0 Å². The van der Waals surface area contributed by atoms with Crippen molar-refractivity contribution in [3.63, 3.8) is 0 Å². The van der Waals surface area contributed by atoms with Gasteiger partial charge in [0, 0.05) is 7.11 Å². The lowest BCUT2D eigenvalue weighted by Gasteiger charge is -2.28. The van der Waals surface area contributed by atoms with Gasteiger partial charge >= 0.3 is 5.97 Å². The van der Waals surface area contributed by atoms with Gasteiger partial charge in [0.2, 0.25) is 0 Å². The summed E-state index contributed by atoms with van der Waals surface area (Å²) in [5, 5.41) is 10.6. The van der Waals surface area contributed by atoms with Crippen LogP contribution >= 0.6 is 0 Å². The van der Waals surface area contributed by atoms with Gasteiger partial charge in [-0.3, -0.25) is 4.79 Å². The number of methoxy groups -OCH3 is 2. The van der Waals surface area contributed by atoms with Gasteiger partial charge in [0.05, 0.1) is 25.7 Å². The van der Waals surface area contributed by atoms with E-state index in [1.54, 1.807) is 7.11 Å². The van der Waals surface area contributed by atoms with Gasteiger partial charge in [-0.05, 0) is 30.6 Å². The first-order valence-corrected chi connectivity index (χ1v) is 8.65. The quantitative estimate of drug-likeness (QED) is 0.319. The Morgan fingerprint density at radius 1 is 1.09 bits per heavy atom. The third-order valence-electron chi connectivity index (χ3n) is 4.20. The van der Waals surface area contributed by atoms with Crippen molar-refractivity contribution in [3.05, 3.63) is 0 Å². The third-order valence-corrected chi connectivity index (χ3v) is 4.20. The Kier molecular flexibility index (Phi) is 12.4. The zero-order valence-electron chi connectivity index (χ0n) is 15.7. The molecule has 0 fully saturated rings. The number of rotatable bonds is 13. The average Bonchev–Trinajstić information content (AvgIpc) is 2.51. The van der Waals surface area contributed by atoms with Crippen molar-refractivity contribution in [1.29, 1.82) is 0 Å². The molecule has 0 aromatic rings. The SMILES string of the molecule is COCOC[C@H](C)CC(C(=O)OC)C(O)[C@H](C)CCCC(C)C. The number of aliphatic hydroxyl groups excluding tert-OH is 1. The molecule has 0 aliphatic carbocycles. The summed E-state index contributed by atoms with van der Waals surface area (Å²) < 4.78 is 15.1. The van der Waals surface area contributed by atoms with Crippen molar-refractivity contribution in [1.82, 2.24) is 0 Å². The Hall–Kier alpha value is -0.650. The molecule has 5 nitrogen and oxygen atoms in total. The smallest absolute Gasteiger partial charge is 0.311 e. The van der Waals surface area contributed by atoms with Crippen molar-refractivity contribution in [3.8, 4) is 0 Å². The summed E-state index contributed by atoms with van der Waals surface area (Å²) in [7, 11) is 2.95. The largest absolute Gasteiger partial charge is 0.469 e. The maximum Gasteiger partial charge on any atom is 0.311 e. The number of carbonyl (C=O) groups excluding carboxylic acids is 1. The summed E-state index contributed by atoms with van der Waals surface area (Å²) in [6.45, 7) is 9.13. The highest BCUT2D eigenvalue weighted by molar-refractivity contribution is 5.73. The van der Waals surface area contributed by atoms with Crippen LogP contribution in [-0.2, 0) is 19.0 Å². The van der Waals surface area contributed by atoms with Gasteiger partial charge in [-0.15, -0.1) is 0 Å². The van der Waals surface area contributed by atoms with E-state index in [0.29, 0.717) is 18.9 Å². The van der Waals surface area contributed by atoms with Crippen molar-refractivity contribution in [2.45, 2.75) is 59.5 Å². The van der Waals surface area contributed by atoms with Crippen molar-refractivity contribution in [2.75, 3.05) is 27.6 Å². The fourth-order valence-electron chi connectivity index (χ4n) is 2.78. The highest BCUT2D eigenvalue weighted by Gasteiger charge is 2.32. The van der Waals surface area contributed by atoms with E-state index in [4.69, 9.17) is 14.2 Å². The molecule has 0 aliphatic rings. The standard InChI is InChI=1S/C18H36O5/c1-13(2)8-7-9-15(4)17(19)16(18(20)22-6)10-14(3)11-23-12-21-5/h13-17,19H,7-12H2,1-6H3/t14-,15-,16?,17?/m1/s1. The molecule has 0 spiro atoms. The number of hydrogen-bond donors (Lipinski definition) is 1. The second-order valence-electron chi connectivity index (χ2n) is 7.04. The second-order valence-corrected chi connectivity index (χ2v) is 7.04. The van der Waals surface area contributed by atoms with Crippen molar-refractivity contribution >= 4 is 5.97 Å². The predicted molar refractivity (Wildman–Crippen MR) is 91.0 cm³/mol. The molecule has 0 saturated heterocycles. The van der Waals surface area contributed by atoms with Crippen LogP contribution in [-0.4, -0.2) is 44.8 Å². The normalized spacial score (nSPS) is 16.9. The number of carbonyl (C=O) groups is 1. The number of esters is 1. The first-order valence-electron chi connectivity index (χ1n) is 8.65. The Morgan fingerprint density at radius 3 is 2.26 bits per heavy atom. The topological polar surface area (TPSA) is 65.0 Å². The summed E-state index contributed by atoms with van der Waals surface area (Å²) in [6, 6.07) is 0. The lowest BCUT2D eigenvalue weighted by Crippen LogP contribution is -2.36. The Bertz CT molecular complexity index is 306. The van der Waals surface area contributed by atoms with Crippen LogP contribution in [0, 0.1) is 23.7 Å². The summed E-state index contributed by atoms with van der Waals surface area (Å²) in [5.41, 5.74) is 0. The molecule has 2 unspecified atom stereocenters. The van der Waals surface area contributed by atoms with Crippen LogP contribution in [0.2, 0.25) is 0 Å². The summed E-state index contributed by atoms with van der Waals surface area (Å²) in [5.74, 6) is 0.0346. The van der Waals surface area contributed by atoms with E-state index >= 15 is 0 Å². The van der Waals surface area contributed by atoms with E-state index in [0.717, 1.165) is 19.3 Å². The van der Waals surface area contributed by atoms with Crippen LogP contribution in [0.1, 0.15) is 53.4 Å². The lowest BCUT2D eigenvalue weighted by molar-refractivity contribution is -0.152. The minimum Gasteiger partial charge on any atom is -0.469 e. The van der Waals surface area contributed by atoms with Crippen molar-refractivity contribution < 1.29 is 24.1 Å². The summed E-state index contributed by atoms with van der Waals surface area (Å²) in [4.78, 5) is 12.1. The first-order chi connectivity index (χ1) is 10.8. The molecule has 0 aliphatic heterocycles. The second kappa shape index (κ2) is 12.7. The highest BCUT2D eigenvalue weighted by Crippen LogP contribution is 2.26. The van der Waals surface area contributed by atoms with Crippen LogP contribution in [0.5, 0.6) is 0 Å². The average molecular weight is 332 g/mol. The van der Waals surface area contributed by atoms with Gasteiger partial charge in [-0.25, -0.2) is 0 Å². The number of aliphatic hydroxyl groups is 1. The maximum absolute atomic E-state index is 12.1. The third kappa shape index (κ3) is 9.95. The monoisotopic (exact) mass is 332 g/mol. The molecule has 138 valence electrons. The van der Waals surface area contributed by atoms with E-state index in [-0.39, 0.29) is 24.6 Å². The minimum atomic E-state index is -0.681. The zero-order valence-corrected chi connectivity index (χ0v) is 15.7. The molecule has 23 heavy (non-hydrogen) atoms. The Balaban J connectivity index is 4.53. The molecule has 0 saturated carbocycles. The number of hydrogen-bond acceptors (Lipinski definition) is 5. The number of ether oxygens (including phenoxy) is 3. The molecule has 0 aromatic heterocycles. The molecule has 0 aromatic carbocycles. The van der Waals surface area contributed by atoms with Crippen LogP contribution in [0.25, 0.3) is 0 Å². The van der Waals surface area contributed by atoms with Gasteiger partial charge in [0.1, 0.15) is 6.79 Å². The molecule has 0 amide bonds. The van der Waals surface area contributed by atoms with E-state index in [1.807, 2.05) is 13.8 Å². The van der Waals surface area contributed by atoms with Gasteiger partial charge in [0.15, 0.2) is 0 Å².